The van der Waals surface area contributed by atoms with E-state index in [-0.39, 0.29) is 25.4 Å². The lowest BCUT2D eigenvalue weighted by atomic mass is 10.0. The lowest BCUT2D eigenvalue weighted by Crippen LogP contribution is -2.55. The number of halogens is 1. The van der Waals surface area contributed by atoms with Crippen molar-refractivity contribution in [2.45, 2.75) is 12.0 Å². The van der Waals surface area contributed by atoms with Gasteiger partial charge in [-0.05, 0) is 0 Å². The Hall–Kier alpha value is -0.440. The van der Waals surface area contributed by atoms with Crippen molar-refractivity contribution in [2.24, 2.45) is 5.90 Å². The van der Waals surface area contributed by atoms with Gasteiger partial charge in [0.25, 0.3) is 0 Å². The van der Waals surface area contributed by atoms with Crippen LogP contribution in [0.4, 0.5) is 0 Å². The number of aliphatic hydroxyl groups excluding tert-OH is 3. The lowest BCUT2D eigenvalue weighted by Gasteiger charge is -2.28. The van der Waals surface area contributed by atoms with Crippen LogP contribution in [0.1, 0.15) is 6.42 Å². The van der Waals surface area contributed by atoms with E-state index in [0.717, 1.165) is 0 Å². The molecule has 0 aliphatic carbocycles. The number of aliphatic hydroxyl groups is 3. The van der Waals surface area contributed by atoms with Crippen LogP contribution in [0, 0.1) is 0 Å². The topological polar surface area (TPSA) is 125 Å². The van der Waals surface area contributed by atoms with E-state index in [0.29, 0.717) is 0 Å². The molecule has 0 rings (SSSR count). The summed E-state index contributed by atoms with van der Waals surface area (Å²) in [5.41, 5.74) is -1.17. The molecule has 0 bridgehead atoms. The van der Waals surface area contributed by atoms with Gasteiger partial charge in [-0.2, -0.15) is 5.90 Å². The molecule has 8 heteroatoms. The third kappa shape index (κ3) is 5.88. The minimum atomic E-state index is -1.17. The molecule has 7 nitrogen and oxygen atoms in total. The minimum absolute atomic E-state index is 0. The molecule has 0 aromatic carbocycles. The summed E-state index contributed by atoms with van der Waals surface area (Å²) >= 11 is 0. The van der Waals surface area contributed by atoms with Crippen LogP contribution >= 0.6 is 12.4 Å². The number of hydrogen-bond donors (Lipinski definition) is 5. The first-order valence-corrected chi connectivity index (χ1v) is 4.11. The molecule has 0 saturated carbocycles. The Kier molecular flexibility index (Phi) is 10.00. The standard InChI is InChI=1S/C7H16N2O5.ClH/c8-14-6(13)1-2-9-7(3-10,4-11)5-12;/h9-12H,1-5,8H2;1H. The molecular formula is C7H17ClN2O5. The summed E-state index contributed by atoms with van der Waals surface area (Å²) in [6.45, 7) is -1.15. The van der Waals surface area contributed by atoms with Gasteiger partial charge in [-0.25, -0.2) is 0 Å². The van der Waals surface area contributed by atoms with Crippen LogP contribution in [-0.2, 0) is 9.63 Å². The summed E-state index contributed by atoms with van der Waals surface area (Å²) in [6.07, 6.45) is -0.00174. The maximum atomic E-state index is 10.6. The number of nitrogens with two attached hydrogens (primary N) is 1. The molecule has 0 aliphatic heterocycles. The Morgan fingerprint density at radius 1 is 1.27 bits per heavy atom. The van der Waals surface area contributed by atoms with Gasteiger partial charge in [0, 0.05) is 6.54 Å². The molecule has 0 spiro atoms. The first-order valence-electron chi connectivity index (χ1n) is 4.11. The lowest BCUT2D eigenvalue weighted by molar-refractivity contribution is -0.144. The van der Waals surface area contributed by atoms with Crippen LogP contribution in [0.3, 0.4) is 0 Å². The number of nitrogens with one attached hydrogen (secondary N) is 1. The Morgan fingerprint density at radius 3 is 2.07 bits per heavy atom. The van der Waals surface area contributed by atoms with E-state index in [9.17, 15) is 4.79 Å². The predicted molar refractivity (Wildman–Crippen MR) is 54.1 cm³/mol. The highest BCUT2D eigenvalue weighted by molar-refractivity contribution is 5.85. The van der Waals surface area contributed by atoms with E-state index < -0.39 is 31.3 Å². The molecule has 0 aliphatic rings. The molecule has 0 heterocycles. The van der Waals surface area contributed by atoms with Crippen molar-refractivity contribution in [3.8, 4) is 0 Å². The first-order chi connectivity index (χ1) is 6.64. The van der Waals surface area contributed by atoms with Crippen LogP contribution in [0.25, 0.3) is 0 Å². The van der Waals surface area contributed by atoms with Crippen molar-refractivity contribution in [2.75, 3.05) is 26.4 Å². The van der Waals surface area contributed by atoms with E-state index >= 15 is 0 Å². The predicted octanol–water partition coefficient (Wildman–Crippen LogP) is -2.48. The van der Waals surface area contributed by atoms with E-state index in [4.69, 9.17) is 15.3 Å². The van der Waals surface area contributed by atoms with Crippen molar-refractivity contribution < 1.29 is 25.0 Å². The second kappa shape index (κ2) is 8.84. The van der Waals surface area contributed by atoms with Gasteiger partial charge in [0.15, 0.2) is 0 Å². The number of carbonyl (C=O) groups is 1. The van der Waals surface area contributed by atoms with Gasteiger partial charge in [0.05, 0.1) is 31.8 Å². The Balaban J connectivity index is 0. The fourth-order valence-corrected chi connectivity index (χ4v) is 0.806. The molecule has 0 amide bonds. The summed E-state index contributed by atoms with van der Waals surface area (Å²) in [6, 6.07) is 0. The second-order valence-corrected chi connectivity index (χ2v) is 2.92. The summed E-state index contributed by atoms with van der Waals surface area (Å²) in [4.78, 5) is 14.5. The highest BCUT2D eigenvalue weighted by atomic mass is 35.5. The minimum Gasteiger partial charge on any atom is -0.394 e. The monoisotopic (exact) mass is 244 g/mol. The van der Waals surface area contributed by atoms with Crippen LogP contribution in [-0.4, -0.2) is 53.2 Å². The molecule has 92 valence electrons. The van der Waals surface area contributed by atoms with E-state index in [1.807, 2.05) is 0 Å². The van der Waals surface area contributed by atoms with Crippen molar-refractivity contribution >= 4 is 18.4 Å². The largest absolute Gasteiger partial charge is 0.394 e. The van der Waals surface area contributed by atoms with Crippen molar-refractivity contribution in [3.05, 3.63) is 0 Å². The molecule has 6 N–H and O–H groups in total. The molecule has 0 radical (unpaired) electrons. The van der Waals surface area contributed by atoms with Gasteiger partial charge in [0.1, 0.15) is 0 Å². The van der Waals surface area contributed by atoms with E-state index in [1.54, 1.807) is 0 Å². The smallest absolute Gasteiger partial charge is 0.325 e. The number of rotatable bonds is 7. The summed E-state index contributed by atoms with van der Waals surface area (Å²) in [7, 11) is 0. The van der Waals surface area contributed by atoms with Crippen LogP contribution < -0.4 is 11.2 Å². The molecule has 0 unspecified atom stereocenters. The SMILES string of the molecule is Cl.NOC(=O)CCNC(CO)(CO)CO. The first kappa shape index (κ1) is 17.0. The fraction of sp³-hybridized carbons (Fsp3) is 0.857. The maximum absolute atomic E-state index is 10.6. The summed E-state index contributed by atoms with van der Waals surface area (Å²) in [5.74, 6) is 3.98. The van der Waals surface area contributed by atoms with Gasteiger partial charge >= 0.3 is 5.97 Å². The number of hydrogen-bond acceptors (Lipinski definition) is 7. The van der Waals surface area contributed by atoms with Crippen LogP contribution in [0.15, 0.2) is 0 Å². The van der Waals surface area contributed by atoms with Gasteiger partial charge in [-0.3, -0.25) is 4.79 Å². The van der Waals surface area contributed by atoms with Gasteiger partial charge < -0.3 is 25.5 Å². The maximum Gasteiger partial charge on any atom is 0.325 e. The van der Waals surface area contributed by atoms with E-state index in [1.165, 1.54) is 0 Å². The third-order valence-electron chi connectivity index (χ3n) is 1.87. The Labute approximate surface area is 93.6 Å². The average molecular weight is 245 g/mol. The third-order valence-corrected chi connectivity index (χ3v) is 1.87. The van der Waals surface area contributed by atoms with Gasteiger partial charge in [-0.15, -0.1) is 12.4 Å². The molecule has 15 heavy (non-hydrogen) atoms. The fourth-order valence-electron chi connectivity index (χ4n) is 0.806. The quantitative estimate of drug-likeness (QED) is 0.314. The van der Waals surface area contributed by atoms with E-state index in [2.05, 4.69) is 16.1 Å². The highest BCUT2D eigenvalue weighted by Gasteiger charge is 2.27. The van der Waals surface area contributed by atoms with Gasteiger partial charge in [-0.1, -0.05) is 0 Å². The zero-order valence-corrected chi connectivity index (χ0v) is 9.00. The molecule has 0 aromatic rings. The van der Waals surface area contributed by atoms with Crippen molar-refractivity contribution in [1.82, 2.24) is 5.32 Å². The molecule has 0 saturated heterocycles. The normalized spacial score (nSPS) is 10.7. The van der Waals surface area contributed by atoms with Crippen LogP contribution in [0.2, 0.25) is 0 Å². The molecule has 0 aromatic heterocycles. The zero-order chi connectivity index (χ0) is 11.0. The number of carbonyl (C=O) groups excluding carboxylic acids is 1. The molecule has 0 fully saturated rings. The van der Waals surface area contributed by atoms with Crippen molar-refractivity contribution in [3.63, 3.8) is 0 Å². The highest BCUT2D eigenvalue weighted by Crippen LogP contribution is 2.01. The Bertz CT molecular complexity index is 168. The van der Waals surface area contributed by atoms with Crippen LogP contribution in [0.5, 0.6) is 0 Å². The van der Waals surface area contributed by atoms with Crippen molar-refractivity contribution in [1.29, 1.82) is 0 Å². The summed E-state index contributed by atoms with van der Waals surface area (Å²) in [5, 5.41) is 29.3. The summed E-state index contributed by atoms with van der Waals surface area (Å²) < 4.78 is 0. The molecule has 0 atom stereocenters. The zero-order valence-electron chi connectivity index (χ0n) is 8.18. The molecular weight excluding hydrogens is 228 g/mol. The second-order valence-electron chi connectivity index (χ2n) is 2.92. The van der Waals surface area contributed by atoms with Gasteiger partial charge in [0.2, 0.25) is 0 Å². The average Bonchev–Trinajstić information content (AvgIpc) is 2.25. The Morgan fingerprint density at radius 2 is 1.73 bits per heavy atom.